The lowest BCUT2D eigenvalue weighted by Crippen LogP contribution is -2.38. The summed E-state index contributed by atoms with van der Waals surface area (Å²) >= 11 is 0. The van der Waals surface area contributed by atoms with Gasteiger partial charge in [-0.3, -0.25) is 24.0 Å². The molecule has 2 aliphatic rings. The third-order valence-corrected chi connectivity index (χ3v) is 7.44. The van der Waals surface area contributed by atoms with E-state index in [2.05, 4.69) is 26.7 Å². The lowest BCUT2D eigenvalue weighted by Gasteiger charge is -2.28. The first-order valence-corrected chi connectivity index (χ1v) is 14.2. The number of methoxy groups -OCH3 is 2. The summed E-state index contributed by atoms with van der Waals surface area (Å²) in [4.78, 5) is 36.4. The summed E-state index contributed by atoms with van der Waals surface area (Å²) in [6.07, 6.45) is 5.74. The number of hydrogen-bond donors (Lipinski definition) is 3. The normalized spacial score (nSPS) is 17.5. The van der Waals surface area contributed by atoms with Gasteiger partial charge in [0.2, 0.25) is 11.8 Å². The smallest absolute Gasteiger partial charge is 0.290 e. The quantitative estimate of drug-likeness (QED) is 0.389. The highest BCUT2D eigenvalue weighted by Gasteiger charge is 2.25. The molecule has 12 nitrogen and oxygen atoms in total. The average Bonchev–Trinajstić information content (AvgIpc) is 3.42. The second-order valence-electron chi connectivity index (χ2n) is 10.4. The standard InChI is InChI=1S/C30H37N5O5.CH2O2/c1-34-18-21(17-32-34)19-35-11-8-29(37)33-25-9-13-40-26-6-5-22(16-24(25)26)23-14-20(4-7-28(36)31-10-12-35)15-27(38-2)30(23)39-3;2-1-3/h5-6,14-18,25H,4,7-13,19H2,1-3H3,(H,31,36)(H,33,37);1H,(H,2,3). The summed E-state index contributed by atoms with van der Waals surface area (Å²) in [5.41, 5.74) is 4.76. The molecule has 1 atom stereocenters. The van der Waals surface area contributed by atoms with Crippen LogP contribution in [0.15, 0.2) is 42.7 Å². The van der Waals surface area contributed by atoms with Crippen LogP contribution in [0, 0.1) is 0 Å². The molecule has 2 aromatic carbocycles. The van der Waals surface area contributed by atoms with E-state index < -0.39 is 0 Å². The molecule has 43 heavy (non-hydrogen) atoms. The van der Waals surface area contributed by atoms with Gasteiger partial charge < -0.3 is 30.0 Å². The molecule has 3 aromatic rings. The van der Waals surface area contributed by atoms with E-state index in [1.54, 1.807) is 18.9 Å². The van der Waals surface area contributed by atoms with Crippen LogP contribution in [-0.2, 0) is 34.4 Å². The molecule has 1 aromatic heterocycles. The van der Waals surface area contributed by atoms with E-state index >= 15 is 0 Å². The maximum absolute atomic E-state index is 13.2. The number of benzene rings is 2. The summed E-state index contributed by atoms with van der Waals surface area (Å²) < 4.78 is 19.1. The molecule has 3 heterocycles. The van der Waals surface area contributed by atoms with Crippen molar-refractivity contribution in [1.82, 2.24) is 25.3 Å². The molecule has 4 bridgehead atoms. The van der Waals surface area contributed by atoms with Crippen molar-refractivity contribution in [1.29, 1.82) is 0 Å². The number of amides is 2. The van der Waals surface area contributed by atoms with Crippen LogP contribution >= 0.6 is 0 Å². The molecular formula is C31H39N5O7. The van der Waals surface area contributed by atoms with Gasteiger partial charge in [0.25, 0.3) is 6.47 Å². The zero-order chi connectivity index (χ0) is 30.8. The Morgan fingerprint density at radius 1 is 1.09 bits per heavy atom. The predicted octanol–water partition coefficient (Wildman–Crippen LogP) is 2.70. The van der Waals surface area contributed by atoms with Gasteiger partial charge in [0, 0.05) is 75.4 Å². The van der Waals surface area contributed by atoms with E-state index in [4.69, 9.17) is 24.1 Å². The monoisotopic (exact) mass is 593 g/mol. The van der Waals surface area contributed by atoms with E-state index in [1.807, 2.05) is 43.7 Å². The van der Waals surface area contributed by atoms with Gasteiger partial charge in [0.1, 0.15) is 5.75 Å². The largest absolute Gasteiger partial charge is 0.493 e. The number of nitrogens with one attached hydrogen (secondary N) is 2. The second-order valence-corrected chi connectivity index (χ2v) is 10.4. The fraction of sp³-hybridized carbons (Fsp3) is 0.419. The fourth-order valence-electron chi connectivity index (χ4n) is 5.40. The predicted molar refractivity (Wildman–Crippen MR) is 159 cm³/mol. The van der Waals surface area contributed by atoms with Gasteiger partial charge >= 0.3 is 0 Å². The van der Waals surface area contributed by atoms with Crippen LogP contribution in [0.2, 0.25) is 0 Å². The summed E-state index contributed by atoms with van der Waals surface area (Å²) in [6, 6.07) is 9.82. The molecule has 3 N–H and O–H groups in total. The first-order valence-electron chi connectivity index (χ1n) is 14.2. The van der Waals surface area contributed by atoms with Gasteiger partial charge in [0.15, 0.2) is 11.5 Å². The van der Waals surface area contributed by atoms with E-state index in [1.165, 1.54) is 0 Å². The molecule has 230 valence electrons. The Bertz CT molecular complexity index is 1420. The van der Waals surface area contributed by atoms with Crippen molar-refractivity contribution in [2.24, 2.45) is 7.05 Å². The summed E-state index contributed by atoms with van der Waals surface area (Å²) in [6.45, 7) is 2.61. The molecule has 0 spiro atoms. The van der Waals surface area contributed by atoms with Crippen LogP contribution in [0.5, 0.6) is 17.2 Å². The van der Waals surface area contributed by atoms with Gasteiger partial charge in [-0.1, -0.05) is 6.07 Å². The number of carboxylic acid groups (broad SMARTS) is 1. The second kappa shape index (κ2) is 15.1. The third kappa shape index (κ3) is 8.25. The molecule has 1 unspecified atom stereocenters. The molecule has 12 heteroatoms. The number of fused-ring (bicyclic) bond motifs is 4. The van der Waals surface area contributed by atoms with Gasteiger partial charge in [-0.2, -0.15) is 5.10 Å². The molecule has 0 saturated heterocycles. The van der Waals surface area contributed by atoms with Crippen molar-refractivity contribution in [3.63, 3.8) is 0 Å². The highest BCUT2D eigenvalue weighted by atomic mass is 16.5. The number of carbonyl (C=O) groups is 3. The minimum Gasteiger partial charge on any atom is -0.493 e. The minimum absolute atomic E-state index is 0.0224. The first kappa shape index (κ1) is 31.4. The Morgan fingerprint density at radius 2 is 1.91 bits per heavy atom. The highest BCUT2D eigenvalue weighted by Crippen LogP contribution is 2.42. The number of aromatic nitrogens is 2. The number of carbonyl (C=O) groups excluding carboxylic acids is 2. The van der Waals surface area contributed by atoms with Crippen molar-refractivity contribution in [2.45, 2.75) is 38.3 Å². The van der Waals surface area contributed by atoms with E-state index in [-0.39, 0.29) is 24.3 Å². The number of ether oxygens (including phenoxy) is 3. The molecular weight excluding hydrogens is 554 g/mol. The summed E-state index contributed by atoms with van der Waals surface area (Å²) in [5, 5.41) is 17.4. The summed E-state index contributed by atoms with van der Waals surface area (Å²) in [5.74, 6) is 1.95. The minimum atomic E-state index is -0.250. The fourth-order valence-corrected chi connectivity index (χ4v) is 5.40. The van der Waals surface area contributed by atoms with Crippen LogP contribution in [-0.4, -0.2) is 78.5 Å². The number of aryl methyl sites for hydroxylation is 2. The van der Waals surface area contributed by atoms with Crippen LogP contribution in [0.3, 0.4) is 0 Å². The molecule has 0 saturated carbocycles. The Kier molecular flexibility index (Phi) is 11.0. The van der Waals surface area contributed by atoms with Crippen molar-refractivity contribution >= 4 is 18.3 Å². The zero-order valence-electron chi connectivity index (χ0n) is 24.8. The van der Waals surface area contributed by atoms with Crippen LogP contribution < -0.4 is 24.8 Å². The van der Waals surface area contributed by atoms with Crippen LogP contribution in [0.4, 0.5) is 0 Å². The number of nitrogens with zero attached hydrogens (tertiary/aromatic N) is 3. The molecule has 0 radical (unpaired) electrons. The molecule has 2 amide bonds. The van der Waals surface area contributed by atoms with E-state index in [0.717, 1.165) is 33.6 Å². The van der Waals surface area contributed by atoms with Gasteiger partial charge in [-0.05, 0) is 41.8 Å². The van der Waals surface area contributed by atoms with Crippen LogP contribution in [0.1, 0.15) is 42.0 Å². The van der Waals surface area contributed by atoms with E-state index in [0.29, 0.717) is 70.0 Å². The first-order chi connectivity index (χ1) is 20.8. The maximum atomic E-state index is 13.2. The highest BCUT2D eigenvalue weighted by molar-refractivity contribution is 5.79. The van der Waals surface area contributed by atoms with Crippen LogP contribution in [0.25, 0.3) is 11.1 Å². The van der Waals surface area contributed by atoms with Gasteiger partial charge in [-0.15, -0.1) is 0 Å². The van der Waals surface area contributed by atoms with Gasteiger partial charge in [-0.25, -0.2) is 0 Å². The SMILES string of the molecule is COc1cc2cc(c1OC)-c1ccc3c(c1)C(CCO3)NC(=O)CCN(Cc1cnn(C)c1)CCNC(=O)CC2.O=CO. The van der Waals surface area contributed by atoms with Crippen molar-refractivity contribution in [3.8, 4) is 28.4 Å². The Labute approximate surface area is 250 Å². The van der Waals surface area contributed by atoms with Crippen molar-refractivity contribution in [3.05, 3.63) is 59.4 Å². The lowest BCUT2D eigenvalue weighted by molar-refractivity contribution is -0.123. The Hall–Kier alpha value is -4.58. The average molecular weight is 594 g/mol. The van der Waals surface area contributed by atoms with Crippen molar-refractivity contribution < 1.29 is 33.7 Å². The molecule has 0 aliphatic carbocycles. The molecule has 0 fully saturated rings. The topological polar surface area (TPSA) is 144 Å². The lowest BCUT2D eigenvalue weighted by atomic mass is 9.93. The number of rotatable bonds is 4. The van der Waals surface area contributed by atoms with Crippen molar-refractivity contribution in [2.75, 3.05) is 40.5 Å². The molecule has 5 rings (SSSR count). The molecule has 2 aliphatic heterocycles. The zero-order valence-corrected chi connectivity index (χ0v) is 24.8. The number of hydrogen-bond acceptors (Lipinski definition) is 8. The third-order valence-electron chi connectivity index (χ3n) is 7.44. The Balaban J connectivity index is 0.00000135. The maximum Gasteiger partial charge on any atom is 0.290 e. The van der Waals surface area contributed by atoms with E-state index in [9.17, 15) is 9.59 Å². The Morgan fingerprint density at radius 3 is 2.63 bits per heavy atom. The van der Waals surface area contributed by atoms with Gasteiger partial charge in [0.05, 0.1) is 33.1 Å². The summed E-state index contributed by atoms with van der Waals surface area (Å²) in [7, 11) is 5.12.